The van der Waals surface area contributed by atoms with Gasteiger partial charge in [0.25, 0.3) is 0 Å². The number of benzene rings is 2. The van der Waals surface area contributed by atoms with E-state index in [1.54, 1.807) is 30.4 Å². The molecule has 1 aliphatic heterocycles. The van der Waals surface area contributed by atoms with Crippen LogP contribution in [0.4, 0.5) is 8.78 Å². The summed E-state index contributed by atoms with van der Waals surface area (Å²) >= 11 is 1.71. The monoisotopic (exact) mass is 342 g/mol. The molecule has 3 aromatic rings. The molecule has 1 unspecified atom stereocenters. The van der Waals surface area contributed by atoms with E-state index < -0.39 is 16.4 Å². The highest BCUT2D eigenvalue weighted by atomic mass is 32.2. The molecule has 24 heavy (non-hydrogen) atoms. The maximum Gasteiger partial charge on any atom is 0.131 e. The van der Waals surface area contributed by atoms with E-state index in [0.29, 0.717) is 12.1 Å². The standard InChI is InChI=1S/C19H16F2N2S/c20-15-5-6-17(18(21)11-15)19(12-23-9-8-22-13-23)16-4-2-1-3-14(16)7-10-24-19/h1-6,8-9,11,13H,7,10,12H2. The maximum atomic E-state index is 14.7. The Morgan fingerprint density at radius 3 is 2.79 bits per heavy atom. The molecule has 1 atom stereocenters. The summed E-state index contributed by atoms with van der Waals surface area (Å²) in [7, 11) is 0. The van der Waals surface area contributed by atoms with Crippen LogP contribution in [-0.4, -0.2) is 15.3 Å². The lowest BCUT2D eigenvalue weighted by Gasteiger charge is -2.39. The van der Waals surface area contributed by atoms with Crippen LogP contribution in [0.25, 0.3) is 0 Å². The van der Waals surface area contributed by atoms with Crippen molar-refractivity contribution >= 4 is 11.8 Å². The third-order valence-electron chi connectivity index (χ3n) is 4.50. The topological polar surface area (TPSA) is 17.8 Å². The Morgan fingerprint density at radius 2 is 2.00 bits per heavy atom. The van der Waals surface area contributed by atoms with Gasteiger partial charge in [0.2, 0.25) is 0 Å². The second kappa shape index (κ2) is 6.06. The predicted octanol–water partition coefficient (Wildman–Crippen LogP) is 4.39. The fourth-order valence-electron chi connectivity index (χ4n) is 3.44. The molecular formula is C19H16F2N2S. The third-order valence-corrected chi connectivity index (χ3v) is 5.97. The number of thioether (sulfide) groups is 1. The zero-order valence-electron chi connectivity index (χ0n) is 13.0. The van der Waals surface area contributed by atoms with Crippen LogP contribution < -0.4 is 0 Å². The SMILES string of the molecule is Fc1ccc(C2(Cn3ccnc3)SCCc3ccccc32)c(F)c1. The Kier molecular flexibility index (Phi) is 3.88. The van der Waals surface area contributed by atoms with Crippen molar-refractivity contribution in [2.45, 2.75) is 17.7 Å². The van der Waals surface area contributed by atoms with Crippen molar-refractivity contribution in [2.24, 2.45) is 0 Å². The first-order chi connectivity index (χ1) is 11.7. The van der Waals surface area contributed by atoms with Crippen molar-refractivity contribution in [1.82, 2.24) is 9.55 Å². The highest BCUT2D eigenvalue weighted by molar-refractivity contribution is 8.00. The van der Waals surface area contributed by atoms with E-state index in [1.165, 1.54) is 11.6 Å². The van der Waals surface area contributed by atoms with Gasteiger partial charge in [-0.3, -0.25) is 0 Å². The zero-order valence-corrected chi connectivity index (χ0v) is 13.8. The lowest BCUT2D eigenvalue weighted by atomic mass is 9.85. The summed E-state index contributed by atoms with van der Waals surface area (Å²) in [5, 5.41) is 0. The first-order valence-corrected chi connectivity index (χ1v) is 8.81. The molecule has 0 saturated carbocycles. The number of nitrogens with zero attached hydrogens (tertiary/aromatic N) is 2. The van der Waals surface area contributed by atoms with Gasteiger partial charge in [-0.25, -0.2) is 13.8 Å². The molecule has 1 aromatic heterocycles. The summed E-state index contributed by atoms with van der Waals surface area (Å²) in [6.45, 7) is 0.553. The number of aromatic nitrogens is 2. The number of rotatable bonds is 3. The summed E-state index contributed by atoms with van der Waals surface area (Å²) in [5.41, 5.74) is 2.84. The smallest absolute Gasteiger partial charge is 0.131 e. The van der Waals surface area contributed by atoms with Gasteiger partial charge in [-0.05, 0) is 29.4 Å². The zero-order chi connectivity index (χ0) is 16.6. The number of hydrogen-bond acceptors (Lipinski definition) is 2. The van der Waals surface area contributed by atoms with Crippen molar-refractivity contribution in [1.29, 1.82) is 0 Å². The fraction of sp³-hybridized carbons (Fsp3) is 0.211. The van der Waals surface area contributed by atoms with Gasteiger partial charge >= 0.3 is 0 Å². The number of imidazole rings is 1. The Morgan fingerprint density at radius 1 is 1.12 bits per heavy atom. The number of fused-ring (bicyclic) bond motifs is 1. The first kappa shape index (κ1) is 15.4. The molecule has 0 saturated heterocycles. The number of halogens is 2. The summed E-state index contributed by atoms with van der Waals surface area (Å²) in [6.07, 6.45) is 6.28. The van der Waals surface area contributed by atoms with Gasteiger partial charge in [0, 0.05) is 30.6 Å². The van der Waals surface area contributed by atoms with Crippen LogP contribution in [0.3, 0.4) is 0 Å². The van der Waals surface area contributed by atoms with Gasteiger partial charge in [0.15, 0.2) is 0 Å². The minimum absolute atomic E-state index is 0.501. The van der Waals surface area contributed by atoms with Crippen LogP contribution in [0.1, 0.15) is 16.7 Å². The molecule has 0 radical (unpaired) electrons. The van der Waals surface area contributed by atoms with E-state index in [0.717, 1.165) is 23.8 Å². The molecule has 1 aliphatic rings. The van der Waals surface area contributed by atoms with Crippen molar-refractivity contribution < 1.29 is 8.78 Å². The normalized spacial score (nSPS) is 19.9. The molecule has 0 spiro atoms. The Hall–Kier alpha value is -2.14. The predicted molar refractivity (Wildman–Crippen MR) is 92.0 cm³/mol. The van der Waals surface area contributed by atoms with Crippen LogP contribution in [0.2, 0.25) is 0 Å². The Balaban J connectivity index is 1.94. The van der Waals surface area contributed by atoms with Gasteiger partial charge < -0.3 is 4.57 Å². The molecule has 4 rings (SSSR count). The Labute approximate surface area is 143 Å². The van der Waals surface area contributed by atoms with Crippen LogP contribution in [-0.2, 0) is 17.7 Å². The van der Waals surface area contributed by atoms with Gasteiger partial charge in [0.05, 0.1) is 11.1 Å². The van der Waals surface area contributed by atoms with Crippen LogP contribution >= 0.6 is 11.8 Å². The average Bonchev–Trinajstić information content (AvgIpc) is 3.08. The Bertz CT molecular complexity index is 864. The maximum absolute atomic E-state index is 14.7. The van der Waals surface area contributed by atoms with Crippen molar-refractivity contribution in [3.8, 4) is 0 Å². The molecule has 2 heterocycles. The van der Waals surface area contributed by atoms with E-state index in [4.69, 9.17) is 0 Å². The number of aryl methyl sites for hydroxylation is 1. The van der Waals surface area contributed by atoms with Crippen molar-refractivity contribution in [3.63, 3.8) is 0 Å². The number of hydrogen-bond donors (Lipinski definition) is 0. The fourth-order valence-corrected chi connectivity index (χ4v) is 5.02. The minimum atomic E-state index is -0.590. The minimum Gasteiger partial charge on any atom is -0.335 e. The van der Waals surface area contributed by atoms with E-state index >= 15 is 0 Å². The molecule has 0 fully saturated rings. The van der Waals surface area contributed by atoms with E-state index in [2.05, 4.69) is 17.1 Å². The molecule has 5 heteroatoms. The van der Waals surface area contributed by atoms with E-state index in [9.17, 15) is 8.78 Å². The lowest BCUT2D eigenvalue weighted by Crippen LogP contribution is -2.35. The molecule has 0 bridgehead atoms. The lowest BCUT2D eigenvalue weighted by molar-refractivity contribution is 0.517. The van der Waals surface area contributed by atoms with Crippen molar-refractivity contribution in [2.75, 3.05) is 5.75 Å². The van der Waals surface area contributed by atoms with Gasteiger partial charge in [0.1, 0.15) is 11.6 Å². The van der Waals surface area contributed by atoms with E-state index in [1.807, 2.05) is 22.9 Å². The molecule has 0 amide bonds. The first-order valence-electron chi connectivity index (χ1n) is 7.83. The van der Waals surface area contributed by atoms with Crippen LogP contribution in [0, 0.1) is 11.6 Å². The van der Waals surface area contributed by atoms with Crippen LogP contribution in [0.15, 0.2) is 61.2 Å². The van der Waals surface area contributed by atoms with Gasteiger partial charge in [-0.1, -0.05) is 30.3 Å². The summed E-state index contributed by atoms with van der Waals surface area (Å²) < 4.78 is 29.5. The van der Waals surface area contributed by atoms with Gasteiger partial charge in [-0.2, -0.15) is 0 Å². The summed E-state index contributed by atoms with van der Waals surface area (Å²) in [5.74, 6) is -0.162. The molecular weight excluding hydrogens is 326 g/mol. The summed E-state index contributed by atoms with van der Waals surface area (Å²) in [4.78, 5) is 4.10. The summed E-state index contributed by atoms with van der Waals surface area (Å²) in [6, 6.07) is 12.0. The van der Waals surface area contributed by atoms with Crippen molar-refractivity contribution in [3.05, 3.63) is 89.5 Å². The largest absolute Gasteiger partial charge is 0.335 e. The van der Waals surface area contributed by atoms with Gasteiger partial charge in [-0.15, -0.1) is 11.8 Å². The van der Waals surface area contributed by atoms with Crippen LogP contribution in [0.5, 0.6) is 0 Å². The highest BCUT2D eigenvalue weighted by Gasteiger charge is 2.41. The molecule has 2 nitrogen and oxygen atoms in total. The third kappa shape index (κ3) is 2.53. The average molecular weight is 342 g/mol. The second-order valence-corrected chi connectivity index (χ2v) is 7.34. The molecule has 122 valence electrons. The molecule has 2 aromatic carbocycles. The molecule has 0 N–H and O–H groups in total. The second-order valence-electron chi connectivity index (χ2n) is 5.94. The molecule has 0 aliphatic carbocycles. The highest BCUT2D eigenvalue weighted by Crippen LogP contribution is 2.49. The van der Waals surface area contributed by atoms with E-state index in [-0.39, 0.29) is 0 Å². The quantitative estimate of drug-likeness (QED) is 0.702.